The van der Waals surface area contributed by atoms with Crippen molar-refractivity contribution in [3.63, 3.8) is 0 Å². The van der Waals surface area contributed by atoms with Gasteiger partial charge in [0.25, 0.3) is 0 Å². The second-order valence-corrected chi connectivity index (χ2v) is 5.10. The first-order chi connectivity index (χ1) is 7.88. The van der Waals surface area contributed by atoms with Crippen molar-refractivity contribution in [2.45, 2.75) is 52.1 Å². The minimum absolute atomic E-state index is 0.0661. The molecule has 0 fully saturated rings. The molecule has 100 valence electrons. The summed E-state index contributed by atoms with van der Waals surface area (Å²) in [5.41, 5.74) is 5.44. The third-order valence-electron chi connectivity index (χ3n) is 2.86. The molecule has 0 aliphatic rings. The first-order valence-corrected chi connectivity index (χ1v) is 6.58. The number of hydrogen-bond acceptors (Lipinski definition) is 3. The molecule has 0 spiro atoms. The normalized spacial score (nSPS) is 14.4. The van der Waals surface area contributed by atoms with Gasteiger partial charge < -0.3 is 11.1 Å². The van der Waals surface area contributed by atoms with Gasteiger partial charge in [0.2, 0.25) is 5.91 Å². The maximum absolute atomic E-state index is 11.9. The van der Waals surface area contributed by atoms with E-state index in [0.29, 0.717) is 18.0 Å². The first kappa shape index (κ1) is 16.3. The molecule has 0 aromatic heterocycles. The molecule has 5 heteroatoms. The molecule has 17 heavy (non-hydrogen) atoms. The van der Waals surface area contributed by atoms with Crippen LogP contribution in [0.3, 0.4) is 0 Å². The molecule has 0 saturated carbocycles. The van der Waals surface area contributed by atoms with Crippen LogP contribution in [0.2, 0.25) is 0 Å². The Morgan fingerprint density at radius 3 is 2.53 bits per heavy atom. The molecule has 0 heterocycles. The highest BCUT2D eigenvalue weighted by Gasteiger charge is 2.18. The van der Waals surface area contributed by atoms with Crippen LogP contribution in [0.25, 0.3) is 0 Å². The van der Waals surface area contributed by atoms with Crippen molar-refractivity contribution in [2.24, 2.45) is 5.73 Å². The lowest BCUT2D eigenvalue weighted by atomic mass is 10.1. The third-order valence-corrected chi connectivity index (χ3v) is 3.07. The molecular weight excluding hydrogens is 234 g/mol. The molecule has 3 N–H and O–H groups in total. The predicted molar refractivity (Wildman–Crippen MR) is 76.0 cm³/mol. The highest BCUT2D eigenvalue weighted by molar-refractivity contribution is 7.80. The summed E-state index contributed by atoms with van der Waals surface area (Å²) in [4.78, 5) is 14.4. The minimum Gasteiger partial charge on any atom is -0.393 e. The topological polar surface area (TPSA) is 58.4 Å². The first-order valence-electron chi connectivity index (χ1n) is 6.17. The number of nitrogens with one attached hydrogen (secondary N) is 1. The van der Waals surface area contributed by atoms with Crippen molar-refractivity contribution >= 4 is 23.1 Å². The average molecular weight is 259 g/mol. The smallest absolute Gasteiger partial charge is 0.237 e. The zero-order chi connectivity index (χ0) is 13.4. The van der Waals surface area contributed by atoms with Gasteiger partial charge in [0, 0.05) is 19.0 Å². The van der Waals surface area contributed by atoms with Gasteiger partial charge in [-0.3, -0.25) is 9.69 Å². The molecule has 0 saturated heterocycles. The maximum atomic E-state index is 11.9. The van der Waals surface area contributed by atoms with Crippen molar-refractivity contribution < 1.29 is 4.79 Å². The van der Waals surface area contributed by atoms with Gasteiger partial charge in [-0.15, -0.1) is 0 Å². The van der Waals surface area contributed by atoms with Crippen LogP contribution in [0.1, 0.15) is 40.0 Å². The van der Waals surface area contributed by atoms with Gasteiger partial charge in [-0.1, -0.05) is 25.6 Å². The van der Waals surface area contributed by atoms with E-state index in [1.54, 1.807) is 0 Å². The molecule has 0 aliphatic heterocycles. The summed E-state index contributed by atoms with van der Waals surface area (Å²) < 4.78 is 0. The number of likely N-dealkylation sites (N-methyl/N-ethyl adjacent to an activating group) is 1. The Morgan fingerprint density at radius 1 is 1.47 bits per heavy atom. The van der Waals surface area contributed by atoms with Gasteiger partial charge >= 0.3 is 0 Å². The Labute approximate surface area is 110 Å². The van der Waals surface area contributed by atoms with Crippen molar-refractivity contribution in [1.29, 1.82) is 0 Å². The van der Waals surface area contributed by atoms with E-state index in [9.17, 15) is 4.79 Å². The lowest BCUT2D eigenvalue weighted by Crippen LogP contribution is -2.46. The van der Waals surface area contributed by atoms with Crippen LogP contribution in [0.15, 0.2) is 0 Å². The summed E-state index contributed by atoms with van der Waals surface area (Å²) in [5, 5.41) is 3.00. The predicted octanol–water partition coefficient (Wildman–Crippen LogP) is 1.29. The van der Waals surface area contributed by atoms with Gasteiger partial charge in [-0.05, 0) is 27.3 Å². The molecule has 0 aromatic carbocycles. The molecule has 0 rings (SSSR count). The highest BCUT2D eigenvalue weighted by atomic mass is 32.1. The van der Waals surface area contributed by atoms with E-state index in [1.807, 2.05) is 25.8 Å². The molecule has 0 bridgehead atoms. The highest BCUT2D eigenvalue weighted by Crippen LogP contribution is 2.00. The van der Waals surface area contributed by atoms with Gasteiger partial charge in [0.15, 0.2) is 0 Å². The fourth-order valence-electron chi connectivity index (χ4n) is 1.55. The standard InChI is InChI=1S/C12H25N3OS/c1-5-6-9(2)14-12(16)10(3)15(4)8-7-11(13)17/h9-10H,5-8H2,1-4H3,(H2,13,17)(H,14,16). The Morgan fingerprint density at radius 2 is 2.06 bits per heavy atom. The van der Waals surface area contributed by atoms with Gasteiger partial charge in [-0.2, -0.15) is 0 Å². The quantitative estimate of drug-likeness (QED) is 0.645. The number of nitrogens with two attached hydrogens (primary N) is 1. The Balaban J connectivity index is 4.06. The molecule has 4 nitrogen and oxygen atoms in total. The van der Waals surface area contributed by atoms with E-state index in [-0.39, 0.29) is 18.0 Å². The van der Waals surface area contributed by atoms with Gasteiger partial charge in [0.05, 0.1) is 11.0 Å². The fourth-order valence-corrected chi connectivity index (χ4v) is 1.64. The largest absolute Gasteiger partial charge is 0.393 e. The van der Waals surface area contributed by atoms with Crippen LogP contribution < -0.4 is 11.1 Å². The summed E-state index contributed by atoms with van der Waals surface area (Å²) in [5.74, 6) is 0.0661. The zero-order valence-corrected chi connectivity index (χ0v) is 12.1. The fraction of sp³-hybridized carbons (Fsp3) is 0.833. The van der Waals surface area contributed by atoms with Crippen LogP contribution in [0.5, 0.6) is 0 Å². The molecule has 0 aromatic rings. The molecular formula is C12H25N3OS. The van der Waals surface area contributed by atoms with Gasteiger partial charge in [0.1, 0.15) is 0 Å². The lowest BCUT2D eigenvalue weighted by Gasteiger charge is -2.25. The monoisotopic (exact) mass is 259 g/mol. The molecule has 1 amide bonds. The summed E-state index contributed by atoms with van der Waals surface area (Å²) in [7, 11) is 1.91. The lowest BCUT2D eigenvalue weighted by molar-refractivity contribution is -0.126. The van der Waals surface area contributed by atoms with E-state index in [4.69, 9.17) is 18.0 Å². The van der Waals surface area contributed by atoms with Crippen LogP contribution in [-0.4, -0.2) is 41.5 Å². The number of nitrogens with zero attached hydrogens (tertiary/aromatic N) is 1. The van der Waals surface area contributed by atoms with Crippen LogP contribution in [0.4, 0.5) is 0 Å². The molecule has 0 aliphatic carbocycles. The van der Waals surface area contributed by atoms with E-state index >= 15 is 0 Å². The van der Waals surface area contributed by atoms with Crippen LogP contribution in [-0.2, 0) is 4.79 Å². The molecule has 2 unspecified atom stereocenters. The summed E-state index contributed by atoms with van der Waals surface area (Å²) >= 11 is 4.82. The molecule has 0 radical (unpaired) electrons. The summed E-state index contributed by atoms with van der Waals surface area (Å²) in [6.07, 6.45) is 2.73. The SMILES string of the molecule is CCCC(C)NC(=O)C(C)N(C)CCC(N)=S. The number of carbonyl (C=O) groups excluding carboxylic acids is 1. The van der Waals surface area contributed by atoms with E-state index in [0.717, 1.165) is 12.8 Å². The Bertz CT molecular complexity index is 258. The number of rotatable bonds is 8. The van der Waals surface area contributed by atoms with Crippen molar-refractivity contribution in [1.82, 2.24) is 10.2 Å². The summed E-state index contributed by atoms with van der Waals surface area (Å²) in [6, 6.07) is 0.0857. The van der Waals surface area contributed by atoms with Crippen LogP contribution >= 0.6 is 12.2 Å². The minimum atomic E-state index is -0.149. The second kappa shape index (κ2) is 8.42. The second-order valence-electron chi connectivity index (χ2n) is 4.57. The third kappa shape index (κ3) is 7.28. The maximum Gasteiger partial charge on any atom is 0.237 e. The number of amides is 1. The summed E-state index contributed by atoms with van der Waals surface area (Å²) in [6.45, 7) is 6.75. The zero-order valence-electron chi connectivity index (χ0n) is 11.3. The number of hydrogen-bond donors (Lipinski definition) is 2. The van der Waals surface area contributed by atoms with E-state index in [1.165, 1.54) is 0 Å². The van der Waals surface area contributed by atoms with Gasteiger partial charge in [-0.25, -0.2) is 0 Å². The van der Waals surface area contributed by atoms with Crippen molar-refractivity contribution in [3.8, 4) is 0 Å². The molecule has 2 atom stereocenters. The van der Waals surface area contributed by atoms with Crippen molar-refractivity contribution in [3.05, 3.63) is 0 Å². The van der Waals surface area contributed by atoms with Crippen molar-refractivity contribution in [2.75, 3.05) is 13.6 Å². The Hall–Kier alpha value is -0.680. The number of carbonyl (C=O) groups is 1. The Kier molecular flexibility index (Phi) is 8.08. The number of thiocarbonyl (C=S) groups is 1. The average Bonchev–Trinajstić information content (AvgIpc) is 2.24. The van der Waals surface area contributed by atoms with E-state index in [2.05, 4.69) is 12.2 Å². The van der Waals surface area contributed by atoms with Crippen LogP contribution in [0, 0.1) is 0 Å². The van der Waals surface area contributed by atoms with E-state index < -0.39 is 0 Å².